The van der Waals surface area contributed by atoms with Gasteiger partial charge in [-0.15, -0.1) is 0 Å². The topological polar surface area (TPSA) is 12.0 Å². The molecule has 1 heteroatoms. The molecule has 3 aromatic carbocycles. The molecule has 1 aliphatic rings. The second-order valence-electron chi connectivity index (χ2n) is 6.27. The van der Waals surface area contributed by atoms with Crippen molar-refractivity contribution in [1.29, 1.82) is 0 Å². The minimum atomic E-state index is 1.11. The molecule has 0 radical (unpaired) electrons. The number of nitrogens with one attached hydrogen (secondary N) is 1. The van der Waals surface area contributed by atoms with E-state index in [1.165, 1.54) is 22.3 Å². The summed E-state index contributed by atoms with van der Waals surface area (Å²) in [5.41, 5.74) is 7.40. The van der Waals surface area contributed by atoms with Gasteiger partial charge in [-0.2, -0.15) is 0 Å². The lowest BCUT2D eigenvalue weighted by Gasteiger charge is -2.14. The van der Waals surface area contributed by atoms with E-state index >= 15 is 0 Å². The second kappa shape index (κ2) is 7.23. The normalized spacial score (nSPS) is 13.4. The molecule has 0 heterocycles. The summed E-state index contributed by atoms with van der Waals surface area (Å²) in [6, 6.07) is 27.7. The van der Waals surface area contributed by atoms with Crippen LogP contribution in [-0.2, 0) is 0 Å². The molecule has 3 aromatic rings. The number of hydrogen-bond donors (Lipinski definition) is 1. The fourth-order valence-corrected chi connectivity index (χ4v) is 3.23. The van der Waals surface area contributed by atoms with Crippen LogP contribution >= 0.6 is 0 Å². The van der Waals surface area contributed by atoms with Crippen LogP contribution in [-0.4, -0.2) is 0 Å². The Labute approximate surface area is 149 Å². The quantitative estimate of drug-likeness (QED) is 0.555. The molecule has 0 aromatic heterocycles. The van der Waals surface area contributed by atoms with Gasteiger partial charge in [0.25, 0.3) is 0 Å². The number of para-hydroxylation sites is 1. The first-order valence-corrected chi connectivity index (χ1v) is 8.78. The molecule has 0 fully saturated rings. The van der Waals surface area contributed by atoms with Crippen molar-refractivity contribution < 1.29 is 0 Å². The van der Waals surface area contributed by atoms with E-state index in [0.717, 1.165) is 24.2 Å². The van der Waals surface area contributed by atoms with Crippen LogP contribution in [0.3, 0.4) is 0 Å². The Morgan fingerprint density at radius 1 is 0.680 bits per heavy atom. The Morgan fingerprint density at radius 3 is 2.20 bits per heavy atom. The predicted molar refractivity (Wildman–Crippen MR) is 108 cm³/mol. The van der Waals surface area contributed by atoms with Gasteiger partial charge in [0.15, 0.2) is 0 Å². The van der Waals surface area contributed by atoms with Crippen LogP contribution in [0.2, 0.25) is 0 Å². The summed E-state index contributed by atoms with van der Waals surface area (Å²) in [5.74, 6) is 0. The molecule has 0 bridgehead atoms. The molecule has 25 heavy (non-hydrogen) atoms. The Hall–Kier alpha value is -3.06. The van der Waals surface area contributed by atoms with Gasteiger partial charge < -0.3 is 5.32 Å². The Kier molecular flexibility index (Phi) is 4.47. The maximum atomic E-state index is 3.57. The molecule has 0 spiro atoms. The number of anilines is 2. The molecule has 0 saturated carbocycles. The van der Waals surface area contributed by atoms with Crippen molar-refractivity contribution in [2.24, 2.45) is 0 Å². The van der Waals surface area contributed by atoms with Gasteiger partial charge in [-0.1, -0.05) is 78.9 Å². The molecule has 4 rings (SSSR count). The molecule has 122 valence electrons. The minimum absolute atomic E-state index is 1.11. The van der Waals surface area contributed by atoms with Crippen molar-refractivity contribution in [3.8, 4) is 11.1 Å². The molecule has 1 nitrogen and oxygen atoms in total. The lowest BCUT2D eigenvalue weighted by Crippen LogP contribution is -1.94. The first-order chi connectivity index (χ1) is 12.4. The third-order valence-electron chi connectivity index (χ3n) is 4.56. The molecule has 1 aliphatic carbocycles. The average Bonchev–Trinajstić information content (AvgIpc) is 2.70. The molecule has 0 amide bonds. The smallest absolute Gasteiger partial charge is 0.0463 e. The third-order valence-corrected chi connectivity index (χ3v) is 4.56. The number of rotatable bonds is 4. The molecule has 1 N–H and O–H groups in total. The van der Waals surface area contributed by atoms with Crippen LogP contribution in [0.15, 0.2) is 97.1 Å². The Balaban J connectivity index is 1.59. The van der Waals surface area contributed by atoms with Crippen molar-refractivity contribution in [3.05, 3.63) is 103 Å². The van der Waals surface area contributed by atoms with E-state index in [1.54, 1.807) is 0 Å². The van der Waals surface area contributed by atoms with Gasteiger partial charge in [-0.05, 0) is 47.7 Å². The molecule has 0 atom stereocenters. The van der Waals surface area contributed by atoms with Crippen molar-refractivity contribution in [1.82, 2.24) is 0 Å². The third kappa shape index (κ3) is 3.56. The van der Waals surface area contributed by atoms with Crippen LogP contribution in [0.25, 0.3) is 16.7 Å². The highest BCUT2D eigenvalue weighted by molar-refractivity contribution is 5.81. The van der Waals surface area contributed by atoms with Crippen molar-refractivity contribution in [2.45, 2.75) is 12.8 Å². The SMILES string of the molecule is C1=CCCC(c2ccc(Nc3ccccc3-c3ccccc3)cc2)=C1. The highest BCUT2D eigenvalue weighted by Crippen LogP contribution is 2.31. The van der Waals surface area contributed by atoms with Gasteiger partial charge in [0.2, 0.25) is 0 Å². The molecular formula is C24H21N. The predicted octanol–water partition coefficient (Wildman–Crippen LogP) is 6.83. The minimum Gasteiger partial charge on any atom is -0.355 e. The fourth-order valence-electron chi connectivity index (χ4n) is 3.23. The Bertz CT molecular complexity index is 902. The van der Waals surface area contributed by atoms with Gasteiger partial charge in [0.1, 0.15) is 0 Å². The summed E-state index contributed by atoms with van der Waals surface area (Å²) in [6.07, 6.45) is 8.86. The van der Waals surface area contributed by atoms with Gasteiger partial charge in [-0.3, -0.25) is 0 Å². The van der Waals surface area contributed by atoms with Crippen LogP contribution in [0.5, 0.6) is 0 Å². The lowest BCUT2D eigenvalue weighted by atomic mass is 9.97. The molecule has 0 aliphatic heterocycles. The van der Waals surface area contributed by atoms with E-state index in [1.807, 2.05) is 6.07 Å². The van der Waals surface area contributed by atoms with Gasteiger partial charge in [0.05, 0.1) is 0 Å². The van der Waals surface area contributed by atoms with Crippen molar-refractivity contribution in [2.75, 3.05) is 5.32 Å². The first-order valence-electron chi connectivity index (χ1n) is 8.78. The summed E-state index contributed by atoms with van der Waals surface area (Å²) in [5, 5.41) is 3.57. The average molecular weight is 323 g/mol. The zero-order valence-electron chi connectivity index (χ0n) is 14.2. The molecule has 0 unspecified atom stereocenters. The maximum absolute atomic E-state index is 3.57. The van der Waals surface area contributed by atoms with Gasteiger partial charge in [-0.25, -0.2) is 0 Å². The fraction of sp³-hybridized carbons (Fsp3) is 0.0833. The standard InChI is InChI=1S/C24H21N/c1-3-9-19(10-4-1)20-15-17-22(18-16-20)25-24-14-8-7-13-23(24)21-11-5-2-6-12-21/h1-3,5-9,11-18,25H,4,10H2. The largest absolute Gasteiger partial charge is 0.355 e. The number of allylic oxidation sites excluding steroid dienone is 4. The van der Waals surface area contributed by atoms with Crippen molar-refractivity contribution in [3.63, 3.8) is 0 Å². The molecular weight excluding hydrogens is 302 g/mol. The van der Waals surface area contributed by atoms with Crippen LogP contribution < -0.4 is 5.32 Å². The zero-order valence-corrected chi connectivity index (χ0v) is 14.2. The molecule has 0 saturated heterocycles. The second-order valence-corrected chi connectivity index (χ2v) is 6.27. The van der Waals surface area contributed by atoms with Crippen LogP contribution in [0.4, 0.5) is 11.4 Å². The van der Waals surface area contributed by atoms with E-state index < -0.39 is 0 Å². The first kappa shape index (κ1) is 15.5. The number of benzene rings is 3. The summed E-state index contributed by atoms with van der Waals surface area (Å²) in [4.78, 5) is 0. The van der Waals surface area contributed by atoms with Crippen LogP contribution in [0.1, 0.15) is 18.4 Å². The Morgan fingerprint density at radius 2 is 1.44 bits per heavy atom. The van der Waals surface area contributed by atoms with E-state index in [4.69, 9.17) is 0 Å². The zero-order chi connectivity index (χ0) is 16.9. The van der Waals surface area contributed by atoms with E-state index in [-0.39, 0.29) is 0 Å². The monoisotopic (exact) mass is 323 g/mol. The van der Waals surface area contributed by atoms with E-state index in [2.05, 4.69) is 96.3 Å². The van der Waals surface area contributed by atoms with Crippen molar-refractivity contribution >= 4 is 16.9 Å². The summed E-state index contributed by atoms with van der Waals surface area (Å²) in [7, 11) is 0. The summed E-state index contributed by atoms with van der Waals surface area (Å²) < 4.78 is 0. The summed E-state index contributed by atoms with van der Waals surface area (Å²) >= 11 is 0. The van der Waals surface area contributed by atoms with Crippen LogP contribution in [0, 0.1) is 0 Å². The maximum Gasteiger partial charge on any atom is 0.0463 e. The van der Waals surface area contributed by atoms with E-state index in [0.29, 0.717) is 0 Å². The highest BCUT2D eigenvalue weighted by Gasteiger charge is 2.06. The van der Waals surface area contributed by atoms with Gasteiger partial charge >= 0.3 is 0 Å². The number of hydrogen-bond acceptors (Lipinski definition) is 1. The van der Waals surface area contributed by atoms with E-state index in [9.17, 15) is 0 Å². The highest BCUT2D eigenvalue weighted by atomic mass is 14.9. The lowest BCUT2D eigenvalue weighted by molar-refractivity contribution is 1.05. The summed E-state index contributed by atoms with van der Waals surface area (Å²) in [6.45, 7) is 0. The van der Waals surface area contributed by atoms with Gasteiger partial charge in [0, 0.05) is 16.9 Å².